The molecule has 0 amide bonds. The molecule has 0 saturated heterocycles. The van der Waals surface area contributed by atoms with Crippen LogP contribution in [-0.4, -0.2) is 16.3 Å². The van der Waals surface area contributed by atoms with E-state index in [4.69, 9.17) is 5.73 Å². The van der Waals surface area contributed by atoms with Crippen molar-refractivity contribution in [2.45, 2.75) is 13.5 Å². The largest absolute Gasteiger partial charge is 0.329 e. The third-order valence-electron chi connectivity index (χ3n) is 2.45. The van der Waals surface area contributed by atoms with Gasteiger partial charge < -0.3 is 5.73 Å². The predicted octanol–water partition coefficient (Wildman–Crippen LogP) is 1.82. The first-order valence-corrected chi connectivity index (χ1v) is 5.10. The number of aromatic nitrogens is 2. The molecule has 2 aromatic rings. The molecule has 0 atom stereocenters. The number of benzene rings is 1. The van der Waals surface area contributed by atoms with Gasteiger partial charge in [0.05, 0.1) is 12.7 Å². The molecule has 1 heterocycles. The minimum Gasteiger partial charge on any atom is -0.329 e. The summed E-state index contributed by atoms with van der Waals surface area (Å²) in [6.45, 7) is 3.50. The number of nitrogens with zero attached hydrogens (tertiary/aromatic N) is 2. The number of nitrogens with two attached hydrogens (primary N) is 1. The van der Waals surface area contributed by atoms with Crippen LogP contribution in [0.15, 0.2) is 36.7 Å². The molecule has 15 heavy (non-hydrogen) atoms. The summed E-state index contributed by atoms with van der Waals surface area (Å²) in [6.07, 6.45) is 3.92. The van der Waals surface area contributed by atoms with Crippen molar-refractivity contribution in [3.05, 3.63) is 42.2 Å². The standard InChI is InChI=1S/C12H15N3/c1-10-4-2-3-5-12(10)11-8-14-15(9-11)7-6-13/h2-5,8-9H,6-7,13H2,1H3. The highest BCUT2D eigenvalue weighted by Gasteiger charge is 2.03. The maximum absolute atomic E-state index is 5.48. The van der Waals surface area contributed by atoms with Gasteiger partial charge in [0.25, 0.3) is 0 Å². The molecule has 78 valence electrons. The van der Waals surface area contributed by atoms with Gasteiger partial charge in [0.2, 0.25) is 0 Å². The lowest BCUT2D eigenvalue weighted by molar-refractivity contribution is 0.625. The van der Waals surface area contributed by atoms with Crippen molar-refractivity contribution in [3.63, 3.8) is 0 Å². The number of hydrogen-bond acceptors (Lipinski definition) is 2. The van der Waals surface area contributed by atoms with Crippen LogP contribution >= 0.6 is 0 Å². The fraction of sp³-hybridized carbons (Fsp3) is 0.250. The third-order valence-corrected chi connectivity index (χ3v) is 2.45. The molecule has 3 heteroatoms. The average molecular weight is 201 g/mol. The van der Waals surface area contributed by atoms with Gasteiger partial charge in [-0.25, -0.2) is 0 Å². The summed E-state index contributed by atoms with van der Waals surface area (Å²) in [5.74, 6) is 0. The molecule has 0 aliphatic heterocycles. The zero-order valence-electron chi connectivity index (χ0n) is 8.85. The maximum Gasteiger partial charge on any atom is 0.0568 e. The zero-order valence-corrected chi connectivity index (χ0v) is 8.85. The van der Waals surface area contributed by atoms with Crippen molar-refractivity contribution in [3.8, 4) is 11.1 Å². The minimum absolute atomic E-state index is 0.620. The Labute approximate surface area is 89.5 Å². The topological polar surface area (TPSA) is 43.8 Å². The van der Waals surface area contributed by atoms with E-state index < -0.39 is 0 Å². The Morgan fingerprint density at radius 1 is 1.33 bits per heavy atom. The first kappa shape index (κ1) is 9.93. The van der Waals surface area contributed by atoms with E-state index in [0.29, 0.717) is 6.54 Å². The van der Waals surface area contributed by atoms with Crippen LogP contribution < -0.4 is 5.73 Å². The molecule has 1 aromatic carbocycles. The summed E-state index contributed by atoms with van der Waals surface area (Å²) in [4.78, 5) is 0. The molecule has 0 fully saturated rings. The molecule has 2 N–H and O–H groups in total. The summed E-state index contributed by atoms with van der Waals surface area (Å²) in [5, 5.41) is 4.26. The summed E-state index contributed by atoms with van der Waals surface area (Å²) in [7, 11) is 0. The molecule has 0 bridgehead atoms. The van der Waals surface area contributed by atoms with Crippen molar-refractivity contribution in [1.82, 2.24) is 9.78 Å². The smallest absolute Gasteiger partial charge is 0.0568 e. The van der Waals surface area contributed by atoms with Gasteiger partial charge in [-0.3, -0.25) is 4.68 Å². The fourth-order valence-electron chi connectivity index (χ4n) is 1.65. The van der Waals surface area contributed by atoms with Crippen molar-refractivity contribution in [2.75, 3.05) is 6.54 Å². The molecular formula is C12H15N3. The van der Waals surface area contributed by atoms with Crippen molar-refractivity contribution < 1.29 is 0 Å². The van der Waals surface area contributed by atoms with E-state index >= 15 is 0 Å². The summed E-state index contributed by atoms with van der Waals surface area (Å²) >= 11 is 0. The number of hydrogen-bond donors (Lipinski definition) is 1. The number of rotatable bonds is 3. The summed E-state index contributed by atoms with van der Waals surface area (Å²) in [5.41, 5.74) is 9.14. The van der Waals surface area contributed by atoms with Gasteiger partial charge >= 0.3 is 0 Å². The van der Waals surface area contributed by atoms with Crippen LogP contribution in [0, 0.1) is 6.92 Å². The fourth-order valence-corrected chi connectivity index (χ4v) is 1.65. The van der Waals surface area contributed by atoms with Gasteiger partial charge in [0.1, 0.15) is 0 Å². The lowest BCUT2D eigenvalue weighted by Gasteiger charge is -2.01. The van der Waals surface area contributed by atoms with Crippen molar-refractivity contribution in [1.29, 1.82) is 0 Å². The Bertz CT molecular complexity index is 446. The Balaban J connectivity index is 2.33. The minimum atomic E-state index is 0.620. The highest BCUT2D eigenvalue weighted by atomic mass is 15.3. The Hall–Kier alpha value is -1.61. The Morgan fingerprint density at radius 2 is 2.13 bits per heavy atom. The van der Waals surface area contributed by atoms with Gasteiger partial charge in [0.15, 0.2) is 0 Å². The molecule has 1 aromatic heterocycles. The molecule has 3 nitrogen and oxygen atoms in total. The van der Waals surface area contributed by atoms with Crippen LogP contribution in [0.1, 0.15) is 5.56 Å². The van der Waals surface area contributed by atoms with E-state index in [9.17, 15) is 0 Å². The van der Waals surface area contributed by atoms with Crippen molar-refractivity contribution in [2.24, 2.45) is 5.73 Å². The van der Waals surface area contributed by atoms with Crippen LogP contribution in [-0.2, 0) is 6.54 Å². The van der Waals surface area contributed by atoms with Gasteiger partial charge in [-0.1, -0.05) is 24.3 Å². The van der Waals surface area contributed by atoms with E-state index in [1.165, 1.54) is 11.1 Å². The lowest BCUT2D eigenvalue weighted by atomic mass is 10.0. The first-order valence-electron chi connectivity index (χ1n) is 5.10. The van der Waals surface area contributed by atoms with Gasteiger partial charge in [-0.05, 0) is 18.1 Å². The average Bonchev–Trinajstić information content (AvgIpc) is 2.68. The van der Waals surface area contributed by atoms with E-state index in [-0.39, 0.29) is 0 Å². The molecule has 0 aliphatic rings. The second-order valence-electron chi connectivity index (χ2n) is 3.60. The van der Waals surface area contributed by atoms with Crippen LogP contribution in [0.2, 0.25) is 0 Å². The van der Waals surface area contributed by atoms with Gasteiger partial charge in [0, 0.05) is 18.3 Å². The first-order chi connectivity index (χ1) is 7.31. The molecule has 0 spiro atoms. The van der Waals surface area contributed by atoms with E-state index in [1.807, 2.05) is 29.2 Å². The Morgan fingerprint density at radius 3 is 2.87 bits per heavy atom. The SMILES string of the molecule is Cc1ccccc1-c1cnn(CCN)c1. The van der Waals surface area contributed by atoms with Crippen LogP contribution in [0.3, 0.4) is 0 Å². The predicted molar refractivity (Wildman–Crippen MR) is 61.5 cm³/mol. The van der Waals surface area contributed by atoms with Crippen molar-refractivity contribution >= 4 is 0 Å². The van der Waals surface area contributed by atoms with E-state index in [0.717, 1.165) is 12.1 Å². The summed E-state index contributed by atoms with van der Waals surface area (Å²) < 4.78 is 1.88. The lowest BCUT2D eigenvalue weighted by Crippen LogP contribution is -2.09. The summed E-state index contributed by atoms with van der Waals surface area (Å²) in [6, 6.07) is 8.31. The van der Waals surface area contributed by atoms with Crippen LogP contribution in [0.4, 0.5) is 0 Å². The van der Waals surface area contributed by atoms with E-state index in [1.54, 1.807) is 0 Å². The monoisotopic (exact) mass is 201 g/mol. The second kappa shape index (κ2) is 4.28. The molecule has 0 aliphatic carbocycles. The number of aryl methyl sites for hydroxylation is 1. The van der Waals surface area contributed by atoms with Gasteiger partial charge in [-0.2, -0.15) is 5.10 Å². The van der Waals surface area contributed by atoms with Crippen LogP contribution in [0.25, 0.3) is 11.1 Å². The van der Waals surface area contributed by atoms with Gasteiger partial charge in [-0.15, -0.1) is 0 Å². The molecule has 0 saturated carbocycles. The second-order valence-corrected chi connectivity index (χ2v) is 3.60. The maximum atomic E-state index is 5.48. The quantitative estimate of drug-likeness (QED) is 0.823. The van der Waals surface area contributed by atoms with Crippen LogP contribution in [0.5, 0.6) is 0 Å². The van der Waals surface area contributed by atoms with E-state index in [2.05, 4.69) is 24.2 Å². The zero-order chi connectivity index (χ0) is 10.7. The Kier molecular flexibility index (Phi) is 2.83. The highest BCUT2D eigenvalue weighted by Crippen LogP contribution is 2.21. The highest BCUT2D eigenvalue weighted by molar-refractivity contribution is 5.65. The molecule has 0 radical (unpaired) electrons. The normalized spacial score (nSPS) is 10.5. The molecule has 2 rings (SSSR count). The third kappa shape index (κ3) is 2.07. The molecular weight excluding hydrogens is 186 g/mol. The molecule has 0 unspecified atom stereocenters.